The Balaban J connectivity index is 0.000000240. The molecule has 2 rings (SSSR count). The van der Waals surface area contributed by atoms with Crippen molar-refractivity contribution in [1.29, 1.82) is 0 Å². The first kappa shape index (κ1) is 15.5. The van der Waals surface area contributed by atoms with E-state index in [0.29, 0.717) is 5.75 Å². The van der Waals surface area contributed by atoms with Gasteiger partial charge in [0, 0.05) is 0 Å². The molecule has 0 saturated heterocycles. The summed E-state index contributed by atoms with van der Waals surface area (Å²) in [5.74, 6) is -0.539. The molecule has 0 spiro atoms. The van der Waals surface area contributed by atoms with Crippen molar-refractivity contribution in [3.8, 4) is 11.5 Å². The number of carbonyl (C=O) groups is 1. The third kappa shape index (κ3) is 5.88. The van der Waals surface area contributed by atoms with Crippen LogP contribution in [-0.2, 0) is 11.2 Å². The highest BCUT2D eigenvalue weighted by atomic mass is 16.4. The molecule has 0 amide bonds. The largest absolute Gasteiger partial charge is 0.508 e. The third-order valence-electron chi connectivity index (χ3n) is 2.47. The minimum absolute atomic E-state index is 0.160. The summed E-state index contributed by atoms with van der Waals surface area (Å²) in [6.45, 7) is 0. The Hall–Kier alpha value is -2.53. The molecule has 0 fully saturated rings. The maximum atomic E-state index is 10.4. The van der Waals surface area contributed by atoms with Gasteiger partial charge in [-0.2, -0.15) is 0 Å². The lowest BCUT2D eigenvalue weighted by molar-refractivity contribution is -0.138. The van der Waals surface area contributed by atoms with Crippen LogP contribution in [0.3, 0.4) is 0 Å². The van der Waals surface area contributed by atoms with Gasteiger partial charge in [0.05, 0.1) is 0 Å². The number of phenols is 2. The summed E-state index contributed by atoms with van der Waals surface area (Å²) >= 11 is 0. The van der Waals surface area contributed by atoms with Crippen molar-refractivity contribution in [2.45, 2.75) is 12.5 Å². The molecular weight excluding hydrogens is 258 g/mol. The predicted octanol–water partition coefficient (Wildman–Crippen LogP) is 1.74. The second kappa shape index (κ2) is 7.81. The van der Waals surface area contributed by atoms with Crippen molar-refractivity contribution in [3.63, 3.8) is 0 Å². The molecule has 5 nitrogen and oxygen atoms in total. The monoisotopic (exact) mass is 275 g/mol. The molecule has 0 unspecified atom stereocenters. The fourth-order valence-electron chi connectivity index (χ4n) is 1.40. The maximum absolute atomic E-state index is 10.4. The van der Waals surface area contributed by atoms with Crippen molar-refractivity contribution in [1.82, 2.24) is 0 Å². The molecule has 2 aromatic rings. The molecule has 0 aliphatic rings. The minimum Gasteiger partial charge on any atom is -0.508 e. The van der Waals surface area contributed by atoms with E-state index in [1.165, 1.54) is 12.1 Å². The van der Waals surface area contributed by atoms with Gasteiger partial charge in [-0.15, -0.1) is 0 Å². The molecule has 5 heteroatoms. The number of nitrogens with two attached hydrogens (primary N) is 1. The van der Waals surface area contributed by atoms with Crippen LogP contribution in [0.4, 0.5) is 0 Å². The van der Waals surface area contributed by atoms with E-state index in [-0.39, 0.29) is 12.2 Å². The average Bonchev–Trinajstić information content (AvgIpc) is 2.43. The number of para-hydroxylation sites is 1. The van der Waals surface area contributed by atoms with Crippen LogP contribution in [0.25, 0.3) is 0 Å². The van der Waals surface area contributed by atoms with E-state index in [0.717, 1.165) is 5.56 Å². The molecule has 106 valence electrons. The van der Waals surface area contributed by atoms with Crippen LogP contribution >= 0.6 is 0 Å². The van der Waals surface area contributed by atoms with Crippen LogP contribution < -0.4 is 5.73 Å². The molecule has 5 N–H and O–H groups in total. The van der Waals surface area contributed by atoms with Crippen molar-refractivity contribution in [2.75, 3.05) is 0 Å². The maximum Gasteiger partial charge on any atom is 0.320 e. The van der Waals surface area contributed by atoms with Gasteiger partial charge in [-0.05, 0) is 36.2 Å². The number of aliphatic carboxylic acids is 1. The molecule has 0 heterocycles. The Morgan fingerprint density at radius 2 is 1.45 bits per heavy atom. The van der Waals surface area contributed by atoms with Crippen molar-refractivity contribution < 1.29 is 20.1 Å². The molecule has 2 aromatic carbocycles. The second-order valence-electron chi connectivity index (χ2n) is 4.15. The highest BCUT2D eigenvalue weighted by Crippen LogP contribution is 2.10. The Kier molecular flexibility index (Phi) is 6.06. The first-order valence-corrected chi connectivity index (χ1v) is 5.99. The van der Waals surface area contributed by atoms with Gasteiger partial charge in [-0.3, -0.25) is 4.79 Å². The number of phenolic OH excluding ortho intramolecular Hbond substituents is 2. The lowest BCUT2D eigenvalue weighted by atomic mass is 10.1. The zero-order valence-corrected chi connectivity index (χ0v) is 10.8. The van der Waals surface area contributed by atoms with Gasteiger partial charge in [0.25, 0.3) is 0 Å². The summed E-state index contributed by atoms with van der Waals surface area (Å²) in [5.41, 5.74) is 6.12. The normalized spacial score (nSPS) is 11.1. The molecular formula is C15H17NO4. The van der Waals surface area contributed by atoms with Crippen LogP contribution in [0.15, 0.2) is 54.6 Å². The lowest BCUT2D eigenvalue weighted by Crippen LogP contribution is -2.32. The second-order valence-corrected chi connectivity index (χ2v) is 4.15. The number of hydrogen-bond donors (Lipinski definition) is 4. The van der Waals surface area contributed by atoms with Gasteiger partial charge in [0.1, 0.15) is 17.5 Å². The minimum atomic E-state index is -1.02. The van der Waals surface area contributed by atoms with Crippen LogP contribution in [0.5, 0.6) is 11.5 Å². The van der Waals surface area contributed by atoms with Crippen LogP contribution in [0.2, 0.25) is 0 Å². The Labute approximate surface area is 116 Å². The highest BCUT2D eigenvalue weighted by Gasteiger charge is 2.11. The van der Waals surface area contributed by atoms with E-state index in [2.05, 4.69) is 0 Å². The number of benzene rings is 2. The molecule has 0 bridgehead atoms. The lowest BCUT2D eigenvalue weighted by Gasteiger charge is -2.05. The molecule has 0 saturated carbocycles. The molecule has 0 aliphatic carbocycles. The first-order valence-electron chi connectivity index (χ1n) is 5.99. The number of rotatable bonds is 3. The SMILES string of the molecule is N[C@@H](Cc1ccc(O)cc1)C(=O)O.Oc1ccccc1. The van der Waals surface area contributed by atoms with E-state index < -0.39 is 12.0 Å². The van der Waals surface area contributed by atoms with Gasteiger partial charge < -0.3 is 21.1 Å². The van der Waals surface area contributed by atoms with E-state index in [1.807, 2.05) is 6.07 Å². The van der Waals surface area contributed by atoms with Gasteiger partial charge in [-0.25, -0.2) is 0 Å². The summed E-state index contributed by atoms with van der Waals surface area (Å²) in [6.07, 6.45) is 0.273. The number of carboxylic acid groups (broad SMARTS) is 1. The quantitative estimate of drug-likeness (QED) is 0.683. The number of hydrogen-bond acceptors (Lipinski definition) is 4. The van der Waals surface area contributed by atoms with Gasteiger partial charge in [0.15, 0.2) is 0 Å². The van der Waals surface area contributed by atoms with E-state index >= 15 is 0 Å². The Morgan fingerprint density at radius 1 is 0.950 bits per heavy atom. The standard InChI is InChI=1S/C9H11NO3.C6H6O/c10-8(9(12)13)5-6-1-3-7(11)4-2-6;7-6-4-2-1-3-5-6/h1-4,8,11H,5,10H2,(H,12,13);1-5,7H/t8-;/m0./s1. The zero-order valence-electron chi connectivity index (χ0n) is 10.8. The summed E-state index contributed by atoms with van der Waals surface area (Å²) in [7, 11) is 0. The van der Waals surface area contributed by atoms with Crippen LogP contribution in [-0.4, -0.2) is 27.3 Å². The smallest absolute Gasteiger partial charge is 0.320 e. The summed E-state index contributed by atoms with van der Waals surface area (Å²) in [4.78, 5) is 10.4. The fraction of sp³-hybridized carbons (Fsp3) is 0.133. The average molecular weight is 275 g/mol. The molecule has 1 atom stereocenters. The Morgan fingerprint density at radius 3 is 1.85 bits per heavy atom. The predicted molar refractivity (Wildman–Crippen MR) is 75.5 cm³/mol. The molecule has 0 aliphatic heterocycles. The van der Waals surface area contributed by atoms with Gasteiger partial charge >= 0.3 is 5.97 Å². The van der Waals surface area contributed by atoms with Crippen molar-refractivity contribution >= 4 is 5.97 Å². The summed E-state index contributed by atoms with van der Waals surface area (Å²) in [5, 5.41) is 26.1. The molecule has 0 radical (unpaired) electrons. The summed E-state index contributed by atoms with van der Waals surface area (Å²) in [6, 6.07) is 14.1. The van der Waals surface area contributed by atoms with Crippen molar-refractivity contribution in [2.24, 2.45) is 5.73 Å². The fourth-order valence-corrected chi connectivity index (χ4v) is 1.40. The molecule has 0 aromatic heterocycles. The Bertz CT molecular complexity index is 525. The third-order valence-corrected chi connectivity index (χ3v) is 2.47. The highest BCUT2D eigenvalue weighted by molar-refractivity contribution is 5.73. The first-order chi connectivity index (χ1) is 9.49. The zero-order chi connectivity index (χ0) is 15.0. The van der Waals surface area contributed by atoms with Crippen molar-refractivity contribution in [3.05, 3.63) is 60.2 Å². The van der Waals surface area contributed by atoms with Gasteiger partial charge in [-0.1, -0.05) is 30.3 Å². The number of carboxylic acids is 1. The van der Waals surface area contributed by atoms with Crippen LogP contribution in [0.1, 0.15) is 5.56 Å². The topological polar surface area (TPSA) is 104 Å². The van der Waals surface area contributed by atoms with E-state index in [9.17, 15) is 4.79 Å². The van der Waals surface area contributed by atoms with E-state index in [1.54, 1.807) is 36.4 Å². The van der Waals surface area contributed by atoms with Crippen LogP contribution in [0, 0.1) is 0 Å². The van der Waals surface area contributed by atoms with E-state index in [4.69, 9.17) is 21.1 Å². The van der Waals surface area contributed by atoms with Gasteiger partial charge in [0.2, 0.25) is 0 Å². The number of aromatic hydroxyl groups is 2. The summed E-state index contributed by atoms with van der Waals surface area (Å²) < 4.78 is 0. The molecule has 20 heavy (non-hydrogen) atoms.